The van der Waals surface area contributed by atoms with Crippen LogP contribution in [0.4, 0.5) is 0 Å². The minimum atomic E-state index is -0.374. The quantitative estimate of drug-likeness (QED) is 0.294. The van der Waals surface area contributed by atoms with Gasteiger partial charge in [0.1, 0.15) is 0 Å². The lowest BCUT2D eigenvalue weighted by molar-refractivity contribution is 0.320. The van der Waals surface area contributed by atoms with Gasteiger partial charge in [-0.15, -0.1) is 16.8 Å². The fourth-order valence-corrected chi connectivity index (χ4v) is 1.21. The van der Waals surface area contributed by atoms with Gasteiger partial charge in [-0.3, -0.25) is 0 Å². The highest BCUT2D eigenvalue weighted by molar-refractivity contribution is 6.26. The van der Waals surface area contributed by atoms with Crippen molar-refractivity contribution in [2.75, 3.05) is 0 Å². The molecule has 2 nitrogen and oxygen atoms in total. The molecule has 60 valence electrons. The monoisotopic (exact) mass is 171 g/mol. The molecule has 0 fully saturated rings. The summed E-state index contributed by atoms with van der Waals surface area (Å²) in [6.07, 6.45) is 10.5. The van der Waals surface area contributed by atoms with Gasteiger partial charge in [-0.05, 0) is 6.42 Å². The summed E-state index contributed by atoms with van der Waals surface area (Å²) in [6.45, 7) is 0. The molecule has 1 aliphatic carbocycles. The van der Waals surface area contributed by atoms with Crippen molar-refractivity contribution in [1.29, 1.82) is 0 Å². The molecule has 0 saturated heterocycles. The fraction of sp³-hybridized carbons (Fsp3) is 0.375. The average Bonchev–Trinajstić information content (AvgIpc) is 2.03. The number of hydrogen-bond acceptors (Lipinski definition) is 2. The maximum absolute atomic E-state index is 8.18. The number of rotatable bonds is 2. The first-order valence-electron chi connectivity index (χ1n) is 3.46. The highest BCUT2D eigenvalue weighted by atomic mass is 35.5. The molecule has 0 spiro atoms. The second-order valence-corrected chi connectivity index (χ2v) is 3.28. The summed E-state index contributed by atoms with van der Waals surface area (Å²) >= 11 is 6.11. The first-order valence-corrected chi connectivity index (χ1v) is 3.84. The second kappa shape index (κ2) is 3.58. The Morgan fingerprint density at radius 2 is 2.45 bits per heavy atom. The van der Waals surface area contributed by atoms with Crippen molar-refractivity contribution in [1.82, 2.24) is 0 Å². The van der Waals surface area contributed by atoms with Crippen molar-refractivity contribution >= 4 is 17.8 Å². The van der Waals surface area contributed by atoms with Crippen LogP contribution in [0.1, 0.15) is 12.8 Å². The molecule has 0 amide bonds. The Kier molecular flexibility index (Phi) is 2.71. The Morgan fingerprint density at radius 1 is 1.64 bits per heavy atom. The van der Waals surface area contributed by atoms with Gasteiger partial charge < -0.3 is 5.21 Å². The molecule has 0 radical (unpaired) electrons. The number of allylic oxidation sites excluding steroid dienone is 4. The van der Waals surface area contributed by atoms with Crippen LogP contribution in [0.25, 0.3) is 0 Å². The normalized spacial score (nSPS) is 29.9. The molecule has 0 saturated carbocycles. The van der Waals surface area contributed by atoms with E-state index in [9.17, 15) is 0 Å². The first-order chi connectivity index (χ1) is 5.27. The summed E-state index contributed by atoms with van der Waals surface area (Å²) in [5.74, 6) is 0. The van der Waals surface area contributed by atoms with Crippen LogP contribution in [0.15, 0.2) is 29.5 Å². The number of alkyl halides is 1. The van der Waals surface area contributed by atoms with E-state index in [4.69, 9.17) is 16.8 Å². The Hall–Kier alpha value is -0.760. The lowest BCUT2D eigenvalue weighted by Gasteiger charge is -2.20. The van der Waals surface area contributed by atoms with Crippen LogP contribution in [0.5, 0.6) is 0 Å². The number of oxime groups is 1. The molecular formula is C8H10ClNO. The van der Waals surface area contributed by atoms with E-state index in [0.29, 0.717) is 6.42 Å². The molecule has 0 aliphatic heterocycles. The molecule has 1 unspecified atom stereocenters. The van der Waals surface area contributed by atoms with Crippen molar-refractivity contribution in [2.24, 2.45) is 5.16 Å². The van der Waals surface area contributed by atoms with E-state index in [2.05, 4.69) is 5.16 Å². The minimum absolute atomic E-state index is 0.374. The van der Waals surface area contributed by atoms with E-state index >= 15 is 0 Å². The summed E-state index contributed by atoms with van der Waals surface area (Å²) in [5, 5.41) is 11.1. The SMILES string of the molecule is ON=CCC1(Cl)C=CC=CC1. The molecule has 0 aromatic heterocycles. The summed E-state index contributed by atoms with van der Waals surface area (Å²) in [5.41, 5.74) is 0. The van der Waals surface area contributed by atoms with E-state index in [1.807, 2.05) is 24.3 Å². The first kappa shape index (κ1) is 8.34. The summed E-state index contributed by atoms with van der Waals surface area (Å²) in [4.78, 5) is -0.374. The van der Waals surface area contributed by atoms with Gasteiger partial charge in [0.2, 0.25) is 0 Å². The van der Waals surface area contributed by atoms with Crippen LogP contribution in [-0.4, -0.2) is 16.3 Å². The zero-order valence-electron chi connectivity index (χ0n) is 6.07. The third kappa shape index (κ3) is 2.39. The smallest absolute Gasteiger partial charge is 0.0713 e. The highest BCUT2D eigenvalue weighted by Crippen LogP contribution is 2.28. The highest BCUT2D eigenvalue weighted by Gasteiger charge is 2.22. The van der Waals surface area contributed by atoms with Crippen LogP contribution in [0.2, 0.25) is 0 Å². The number of halogens is 1. The Balaban J connectivity index is 2.53. The molecule has 0 bridgehead atoms. The van der Waals surface area contributed by atoms with Crippen molar-refractivity contribution in [2.45, 2.75) is 17.7 Å². The molecule has 11 heavy (non-hydrogen) atoms. The Morgan fingerprint density at radius 3 is 3.00 bits per heavy atom. The van der Waals surface area contributed by atoms with Crippen molar-refractivity contribution < 1.29 is 5.21 Å². The van der Waals surface area contributed by atoms with Crippen LogP contribution in [0, 0.1) is 0 Å². The van der Waals surface area contributed by atoms with E-state index < -0.39 is 0 Å². The summed E-state index contributed by atoms with van der Waals surface area (Å²) in [7, 11) is 0. The predicted molar refractivity (Wildman–Crippen MR) is 46.4 cm³/mol. The standard InChI is InChI=1S/C8H10ClNO/c9-8(6-7-10-11)4-2-1-3-5-8/h1-4,7,11H,5-6H2. The molecule has 1 N–H and O–H groups in total. The number of hydrogen-bond donors (Lipinski definition) is 1. The summed E-state index contributed by atoms with van der Waals surface area (Å²) < 4.78 is 0. The lowest BCUT2D eigenvalue weighted by atomic mass is 9.97. The molecule has 1 atom stereocenters. The summed E-state index contributed by atoms with van der Waals surface area (Å²) in [6, 6.07) is 0. The molecule has 0 heterocycles. The Labute approximate surface area is 70.9 Å². The largest absolute Gasteiger partial charge is 0.411 e. The minimum Gasteiger partial charge on any atom is -0.411 e. The van der Waals surface area contributed by atoms with Gasteiger partial charge in [0, 0.05) is 12.6 Å². The molecule has 1 aliphatic rings. The lowest BCUT2D eigenvalue weighted by Crippen LogP contribution is -2.18. The molecule has 1 rings (SSSR count). The van der Waals surface area contributed by atoms with Crippen molar-refractivity contribution in [3.63, 3.8) is 0 Å². The van der Waals surface area contributed by atoms with Crippen molar-refractivity contribution in [3.8, 4) is 0 Å². The average molecular weight is 172 g/mol. The van der Waals surface area contributed by atoms with E-state index in [-0.39, 0.29) is 4.87 Å². The van der Waals surface area contributed by atoms with Gasteiger partial charge >= 0.3 is 0 Å². The van der Waals surface area contributed by atoms with Gasteiger partial charge in [0.15, 0.2) is 0 Å². The van der Waals surface area contributed by atoms with Crippen LogP contribution < -0.4 is 0 Å². The maximum Gasteiger partial charge on any atom is 0.0713 e. The second-order valence-electron chi connectivity index (χ2n) is 2.53. The molecule has 0 aromatic carbocycles. The van der Waals surface area contributed by atoms with Crippen molar-refractivity contribution in [3.05, 3.63) is 24.3 Å². The van der Waals surface area contributed by atoms with Gasteiger partial charge in [-0.25, -0.2) is 0 Å². The predicted octanol–water partition coefficient (Wildman–Crippen LogP) is 2.33. The van der Waals surface area contributed by atoms with E-state index in [1.54, 1.807) is 0 Å². The van der Waals surface area contributed by atoms with E-state index in [0.717, 1.165) is 6.42 Å². The molecule has 3 heteroatoms. The molecule has 0 aromatic rings. The van der Waals surface area contributed by atoms with E-state index in [1.165, 1.54) is 6.21 Å². The van der Waals surface area contributed by atoms with Gasteiger partial charge in [0.05, 0.1) is 4.87 Å². The third-order valence-corrected chi connectivity index (χ3v) is 2.05. The molecular weight excluding hydrogens is 162 g/mol. The third-order valence-electron chi connectivity index (χ3n) is 1.61. The van der Waals surface area contributed by atoms with Crippen LogP contribution in [-0.2, 0) is 0 Å². The fourth-order valence-electron chi connectivity index (χ4n) is 0.983. The van der Waals surface area contributed by atoms with Crippen LogP contribution in [0.3, 0.4) is 0 Å². The topological polar surface area (TPSA) is 32.6 Å². The zero-order chi connectivity index (χ0) is 8.16. The maximum atomic E-state index is 8.18. The van der Waals surface area contributed by atoms with Gasteiger partial charge in [-0.2, -0.15) is 0 Å². The number of nitrogens with zero attached hydrogens (tertiary/aromatic N) is 1. The van der Waals surface area contributed by atoms with Gasteiger partial charge in [-0.1, -0.05) is 24.3 Å². The van der Waals surface area contributed by atoms with Gasteiger partial charge in [0.25, 0.3) is 0 Å². The van der Waals surface area contributed by atoms with Crippen LogP contribution >= 0.6 is 11.6 Å². The Bertz CT molecular complexity index is 210. The zero-order valence-corrected chi connectivity index (χ0v) is 6.83.